The molecule has 0 unspecified atom stereocenters. The van der Waals surface area contributed by atoms with Crippen molar-refractivity contribution in [3.63, 3.8) is 0 Å². The van der Waals surface area contributed by atoms with Gasteiger partial charge in [-0.2, -0.15) is 5.26 Å². The van der Waals surface area contributed by atoms with Crippen molar-refractivity contribution < 1.29 is 14.6 Å². The highest BCUT2D eigenvalue weighted by Crippen LogP contribution is 2.40. The first-order chi connectivity index (χ1) is 10.1. The molecule has 21 heavy (non-hydrogen) atoms. The number of carbonyl (C=O) groups excluding carboxylic acids is 1. The summed E-state index contributed by atoms with van der Waals surface area (Å²) in [5.74, 6) is 0.711. The van der Waals surface area contributed by atoms with Crippen LogP contribution in [0.5, 0.6) is 5.75 Å². The van der Waals surface area contributed by atoms with E-state index in [2.05, 4.69) is 6.07 Å². The number of fused-ring (bicyclic) bond motifs is 1. The molecule has 0 radical (unpaired) electrons. The summed E-state index contributed by atoms with van der Waals surface area (Å²) in [4.78, 5) is 14.0. The van der Waals surface area contributed by atoms with Crippen molar-refractivity contribution in [1.82, 2.24) is 4.90 Å². The summed E-state index contributed by atoms with van der Waals surface area (Å²) in [5, 5.41) is 19.6. The average molecular weight is 286 g/mol. The van der Waals surface area contributed by atoms with E-state index in [1.807, 2.05) is 0 Å². The van der Waals surface area contributed by atoms with Crippen LogP contribution in [0.1, 0.15) is 43.4 Å². The van der Waals surface area contributed by atoms with Gasteiger partial charge >= 0.3 is 0 Å². The van der Waals surface area contributed by atoms with Crippen molar-refractivity contribution in [3.8, 4) is 11.8 Å². The Bertz CT molecular complexity index is 608. The minimum atomic E-state index is -0.784. The van der Waals surface area contributed by atoms with Gasteiger partial charge in [0.25, 0.3) is 0 Å². The fraction of sp³-hybridized carbons (Fsp3) is 0.500. The first kappa shape index (κ1) is 13.9. The normalized spacial score (nSPS) is 28.5. The van der Waals surface area contributed by atoms with Gasteiger partial charge in [-0.15, -0.1) is 0 Å². The second-order valence-corrected chi connectivity index (χ2v) is 5.67. The third-order valence-electron chi connectivity index (χ3n) is 4.27. The molecule has 2 aliphatic rings. The molecule has 0 saturated carbocycles. The van der Waals surface area contributed by atoms with Gasteiger partial charge in [0, 0.05) is 18.5 Å². The Morgan fingerprint density at radius 2 is 2.24 bits per heavy atom. The molecule has 110 valence electrons. The third kappa shape index (κ3) is 2.36. The summed E-state index contributed by atoms with van der Waals surface area (Å²) >= 11 is 0. The number of hydrogen-bond donors (Lipinski definition) is 1. The van der Waals surface area contributed by atoms with Crippen molar-refractivity contribution in [3.05, 3.63) is 29.3 Å². The summed E-state index contributed by atoms with van der Waals surface area (Å²) in [6, 6.07) is 6.83. The molecule has 0 aliphatic carbocycles. The quantitative estimate of drug-likeness (QED) is 0.853. The van der Waals surface area contributed by atoms with Gasteiger partial charge in [-0.25, -0.2) is 0 Å². The van der Waals surface area contributed by atoms with E-state index in [0.29, 0.717) is 24.3 Å². The van der Waals surface area contributed by atoms with E-state index in [1.54, 1.807) is 30.0 Å². The number of hydrogen-bond acceptors (Lipinski definition) is 4. The number of ether oxygens (including phenoxy) is 1. The Morgan fingerprint density at radius 3 is 2.95 bits per heavy atom. The summed E-state index contributed by atoms with van der Waals surface area (Å²) in [7, 11) is 0. The lowest BCUT2D eigenvalue weighted by Gasteiger charge is -2.43. The van der Waals surface area contributed by atoms with Crippen molar-refractivity contribution in [2.75, 3.05) is 6.54 Å². The zero-order valence-corrected chi connectivity index (χ0v) is 12.0. The van der Waals surface area contributed by atoms with E-state index < -0.39 is 12.1 Å². The van der Waals surface area contributed by atoms with Gasteiger partial charge in [0.1, 0.15) is 18.0 Å². The molecule has 2 heterocycles. The second kappa shape index (κ2) is 5.38. The van der Waals surface area contributed by atoms with E-state index in [-0.39, 0.29) is 12.0 Å². The molecule has 2 aliphatic heterocycles. The molecule has 1 fully saturated rings. The van der Waals surface area contributed by atoms with E-state index in [4.69, 9.17) is 10.00 Å². The van der Waals surface area contributed by atoms with Crippen LogP contribution in [-0.4, -0.2) is 34.7 Å². The van der Waals surface area contributed by atoms with Gasteiger partial charge in [0.05, 0.1) is 17.7 Å². The topological polar surface area (TPSA) is 73.6 Å². The van der Waals surface area contributed by atoms with Crippen LogP contribution in [0.4, 0.5) is 0 Å². The average Bonchev–Trinajstić information content (AvgIpc) is 2.49. The molecule has 0 spiro atoms. The molecule has 5 nitrogen and oxygen atoms in total. The molecule has 1 amide bonds. The van der Waals surface area contributed by atoms with Crippen LogP contribution in [0, 0.1) is 11.3 Å². The fourth-order valence-electron chi connectivity index (χ4n) is 3.14. The molecule has 5 heteroatoms. The number of piperidine rings is 1. The predicted octanol–water partition coefficient (Wildman–Crippen LogP) is 1.75. The van der Waals surface area contributed by atoms with Crippen molar-refractivity contribution in [1.29, 1.82) is 5.26 Å². The highest BCUT2D eigenvalue weighted by Gasteiger charge is 2.41. The molecule has 1 N–H and O–H groups in total. The van der Waals surface area contributed by atoms with Gasteiger partial charge in [-0.3, -0.25) is 4.79 Å². The lowest BCUT2D eigenvalue weighted by Crippen LogP contribution is -2.50. The van der Waals surface area contributed by atoms with Crippen molar-refractivity contribution in [2.45, 2.75) is 44.4 Å². The fourth-order valence-corrected chi connectivity index (χ4v) is 3.14. The molecular formula is C16H18N2O3. The van der Waals surface area contributed by atoms with Gasteiger partial charge in [0.15, 0.2) is 0 Å². The van der Waals surface area contributed by atoms with Crippen molar-refractivity contribution >= 4 is 5.91 Å². The monoisotopic (exact) mass is 286 g/mol. The number of nitriles is 1. The second-order valence-electron chi connectivity index (χ2n) is 5.67. The maximum Gasteiger partial charge on any atom is 0.223 e. The summed E-state index contributed by atoms with van der Waals surface area (Å²) in [6.45, 7) is 2.44. The molecule has 0 aromatic heterocycles. The largest absolute Gasteiger partial charge is 0.488 e. The molecule has 1 aromatic rings. The highest BCUT2D eigenvalue weighted by molar-refractivity contribution is 5.77. The number of carbonyl (C=O) groups is 1. The molecule has 1 saturated heterocycles. The Kier molecular flexibility index (Phi) is 3.56. The van der Waals surface area contributed by atoms with Crippen LogP contribution in [0.15, 0.2) is 18.2 Å². The minimum Gasteiger partial charge on any atom is -0.488 e. The van der Waals surface area contributed by atoms with Crippen LogP contribution < -0.4 is 4.74 Å². The van der Waals surface area contributed by atoms with Crippen LogP contribution in [0.25, 0.3) is 0 Å². The summed E-state index contributed by atoms with van der Waals surface area (Å²) < 4.78 is 5.70. The lowest BCUT2D eigenvalue weighted by molar-refractivity contribution is -0.142. The van der Waals surface area contributed by atoms with Crippen LogP contribution >= 0.6 is 0 Å². The summed E-state index contributed by atoms with van der Waals surface area (Å²) in [6.07, 6.45) is 1.19. The smallest absolute Gasteiger partial charge is 0.223 e. The third-order valence-corrected chi connectivity index (χ3v) is 4.27. The molecule has 1 aromatic carbocycles. The number of benzene rings is 1. The summed E-state index contributed by atoms with van der Waals surface area (Å²) in [5.41, 5.74) is 1.24. The number of likely N-dealkylation sites (tertiary alicyclic amines) is 1. The Balaban J connectivity index is 2.06. The number of aliphatic hydroxyl groups is 1. The SMILES string of the molecule is C[C@H]1Oc2ccc(C#N)cc2[C@@H](N2CCCCC2=O)[C@@H]1O. The van der Waals surface area contributed by atoms with Crippen LogP contribution in [0.3, 0.4) is 0 Å². The van der Waals surface area contributed by atoms with Gasteiger partial charge in [-0.1, -0.05) is 0 Å². The number of amides is 1. The van der Waals surface area contributed by atoms with Crippen molar-refractivity contribution in [2.24, 2.45) is 0 Å². The molecule has 3 rings (SSSR count). The van der Waals surface area contributed by atoms with E-state index in [9.17, 15) is 9.90 Å². The molecule has 3 atom stereocenters. The predicted molar refractivity (Wildman–Crippen MR) is 75.6 cm³/mol. The maximum absolute atomic E-state index is 12.2. The zero-order valence-electron chi connectivity index (χ0n) is 12.0. The van der Waals surface area contributed by atoms with Gasteiger partial charge < -0.3 is 14.7 Å². The number of rotatable bonds is 1. The van der Waals surface area contributed by atoms with E-state index in [1.165, 1.54) is 0 Å². The first-order valence-electron chi connectivity index (χ1n) is 7.30. The van der Waals surface area contributed by atoms with Gasteiger partial charge in [-0.05, 0) is 38.0 Å². The Hall–Kier alpha value is -2.06. The lowest BCUT2D eigenvalue weighted by atomic mass is 9.90. The zero-order chi connectivity index (χ0) is 15.0. The number of aliphatic hydroxyl groups excluding tert-OH is 1. The maximum atomic E-state index is 12.2. The van der Waals surface area contributed by atoms with Crippen LogP contribution in [-0.2, 0) is 4.79 Å². The highest BCUT2D eigenvalue weighted by atomic mass is 16.5. The van der Waals surface area contributed by atoms with E-state index in [0.717, 1.165) is 18.4 Å². The van der Waals surface area contributed by atoms with E-state index >= 15 is 0 Å². The molecular weight excluding hydrogens is 268 g/mol. The first-order valence-corrected chi connectivity index (χ1v) is 7.30. The van der Waals surface area contributed by atoms with Crippen LogP contribution in [0.2, 0.25) is 0 Å². The number of nitrogens with zero attached hydrogens (tertiary/aromatic N) is 2. The minimum absolute atomic E-state index is 0.0627. The van der Waals surface area contributed by atoms with Gasteiger partial charge in [0.2, 0.25) is 5.91 Å². The molecule has 0 bridgehead atoms. The standard InChI is InChI=1S/C16H18N2O3/c1-10-16(20)15(18-7-3-2-4-14(18)19)12-8-11(9-17)5-6-13(12)21-10/h5-6,8,10,15-16,20H,2-4,7H2,1H3/t10-,15-,16-/m1/s1. The Morgan fingerprint density at radius 1 is 1.43 bits per heavy atom. The Labute approximate surface area is 123 Å².